The topological polar surface area (TPSA) is 69.2 Å². The number of carbonyl (C=O) groups excluding carboxylic acids is 1. The van der Waals surface area contributed by atoms with Crippen LogP contribution < -0.4 is 19.6 Å². The molecule has 4 rings (SSSR count). The standard InChI is InChI=1S/C27H24N2O4/c1-31-26-16-21(14-15-25(26)32-18-20-8-3-2-4-9-20)17-28-29-27(30)19-33-24-13-7-11-22-10-5-6-12-23(22)24/h2-17H,18-19H2,1H3,(H,29,30)/b28-17-. The molecule has 0 heterocycles. The number of carbonyl (C=O) groups is 1. The van der Waals surface area contributed by atoms with Crippen molar-refractivity contribution < 1.29 is 19.0 Å². The first-order valence-electron chi connectivity index (χ1n) is 10.5. The van der Waals surface area contributed by atoms with Gasteiger partial charge in [-0.25, -0.2) is 5.43 Å². The van der Waals surface area contributed by atoms with Crippen LogP contribution in [0.25, 0.3) is 10.8 Å². The Morgan fingerprint density at radius 2 is 1.64 bits per heavy atom. The van der Waals surface area contributed by atoms with E-state index in [1.165, 1.54) is 0 Å². The van der Waals surface area contributed by atoms with Crippen LogP contribution in [-0.2, 0) is 11.4 Å². The molecule has 0 radical (unpaired) electrons. The molecule has 0 aliphatic heterocycles. The molecule has 6 nitrogen and oxygen atoms in total. The first kappa shape index (κ1) is 21.9. The Bertz CT molecular complexity index is 1250. The highest BCUT2D eigenvalue weighted by Gasteiger charge is 2.07. The molecule has 0 aliphatic rings. The average molecular weight is 440 g/mol. The predicted molar refractivity (Wildman–Crippen MR) is 129 cm³/mol. The lowest BCUT2D eigenvalue weighted by atomic mass is 10.1. The maximum absolute atomic E-state index is 12.1. The summed E-state index contributed by atoms with van der Waals surface area (Å²) in [4.78, 5) is 12.1. The van der Waals surface area contributed by atoms with E-state index in [0.29, 0.717) is 23.9 Å². The Morgan fingerprint density at radius 3 is 2.48 bits per heavy atom. The van der Waals surface area contributed by atoms with Crippen LogP contribution in [0, 0.1) is 0 Å². The minimum atomic E-state index is -0.353. The van der Waals surface area contributed by atoms with Gasteiger partial charge < -0.3 is 14.2 Å². The summed E-state index contributed by atoms with van der Waals surface area (Å²) in [5.74, 6) is 1.52. The quantitative estimate of drug-likeness (QED) is 0.295. The van der Waals surface area contributed by atoms with Crippen LogP contribution in [0.15, 0.2) is 96.1 Å². The Hall–Kier alpha value is -4.32. The summed E-state index contributed by atoms with van der Waals surface area (Å²) < 4.78 is 17.0. The van der Waals surface area contributed by atoms with E-state index in [1.807, 2.05) is 84.9 Å². The summed E-state index contributed by atoms with van der Waals surface area (Å²) in [6.45, 7) is 0.304. The van der Waals surface area contributed by atoms with Gasteiger partial charge in [0, 0.05) is 5.39 Å². The Morgan fingerprint density at radius 1 is 0.848 bits per heavy atom. The number of ether oxygens (including phenoxy) is 3. The van der Waals surface area contributed by atoms with Gasteiger partial charge in [0.05, 0.1) is 13.3 Å². The number of fused-ring (bicyclic) bond motifs is 1. The van der Waals surface area contributed by atoms with Gasteiger partial charge in [-0.15, -0.1) is 0 Å². The van der Waals surface area contributed by atoms with Crippen LogP contribution in [0.4, 0.5) is 0 Å². The lowest BCUT2D eigenvalue weighted by Gasteiger charge is -2.11. The molecule has 0 aliphatic carbocycles. The predicted octanol–water partition coefficient (Wildman–Crippen LogP) is 4.96. The second kappa shape index (κ2) is 10.8. The normalized spacial score (nSPS) is 10.8. The van der Waals surface area contributed by atoms with Gasteiger partial charge in [-0.1, -0.05) is 66.7 Å². The summed E-state index contributed by atoms with van der Waals surface area (Å²) in [5.41, 5.74) is 4.31. The lowest BCUT2D eigenvalue weighted by Crippen LogP contribution is -2.24. The van der Waals surface area contributed by atoms with Gasteiger partial charge in [-0.2, -0.15) is 5.10 Å². The molecule has 4 aromatic rings. The molecule has 0 saturated carbocycles. The number of hydrogen-bond donors (Lipinski definition) is 1. The fourth-order valence-electron chi connectivity index (χ4n) is 3.29. The molecule has 0 fully saturated rings. The van der Waals surface area contributed by atoms with Crippen molar-refractivity contribution in [3.63, 3.8) is 0 Å². The smallest absolute Gasteiger partial charge is 0.277 e. The van der Waals surface area contributed by atoms with E-state index in [2.05, 4.69) is 10.5 Å². The Balaban J connectivity index is 1.31. The number of amides is 1. The van der Waals surface area contributed by atoms with Crippen molar-refractivity contribution in [3.05, 3.63) is 102 Å². The summed E-state index contributed by atoms with van der Waals surface area (Å²) in [6, 6.07) is 28.9. The van der Waals surface area contributed by atoms with Crippen molar-refractivity contribution in [2.45, 2.75) is 6.61 Å². The molecule has 0 atom stereocenters. The van der Waals surface area contributed by atoms with Crippen LogP contribution in [0.5, 0.6) is 17.2 Å². The molecular weight excluding hydrogens is 416 g/mol. The van der Waals surface area contributed by atoms with E-state index in [0.717, 1.165) is 21.9 Å². The average Bonchev–Trinajstić information content (AvgIpc) is 2.87. The molecule has 0 bridgehead atoms. The maximum Gasteiger partial charge on any atom is 0.277 e. The van der Waals surface area contributed by atoms with E-state index in [-0.39, 0.29) is 12.5 Å². The highest BCUT2D eigenvalue weighted by atomic mass is 16.5. The third kappa shape index (κ3) is 5.89. The largest absolute Gasteiger partial charge is 0.493 e. The monoisotopic (exact) mass is 440 g/mol. The van der Waals surface area contributed by atoms with E-state index < -0.39 is 0 Å². The number of hydrogen-bond acceptors (Lipinski definition) is 5. The number of benzene rings is 4. The fourth-order valence-corrected chi connectivity index (χ4v) is 3.29. The first-order chi connectivity index (χ1) is 16.2. The number of hydrazone groups is 1. The minimum Gasteiger partial charge on any atom is -0.493 e. The number of rotatable bonds is 9. The number of methoxy groups -OCH3 is 1. The van der Waals surface area contributed by atoms with Gasteiger partial charge in [-0.05, 0) is 40.8 Å². The molecule has 4 aromatic carbocycles. The molecule has 33 heavy (non-hydrogen) atoms. The third-order valence-corrected chi connectivity index (χ3v) is 4.94. The Kier molecular flexibility index (Phi) is 7.18. The van der Waals surface area contributed by atoms with E-state index in [1.54, 1.807) is 19.4 Å². The summed E-state index contributed by atoms with van der Waals surface area (Å²) in [6.07, 6.45) is 1.54. The zero-order valence-corrected chi connectivity index (χ0v) is 18.2. The lowest BCUT2D eigenvalue weighted by molar-refractivity contribution is -0.123. The van der Waals surface area contributed by atoms with Crippen molar-refractivity contribution >= 4 is 22.9 Å². The van der Waals surface area contributed by atoms with E-state index in [9.17, 15) is 4.79 Å². The minimum absolute atomic E-state index is 0.138. The summed E-state index contributed by atoms with van der Waals surface area (Å²) >= 11 is 0. The molecule has 0 saturated heterocycles. The van der Waals surface area contributed by atoms with Gasteiger partial charge in [-0.3, -0.25) is 4.79 Å². The van der Waals surface area contributed by atoms with Crippen molar-refractivity contribution in [1.29, 1.82) is 0 Å². The molecule has 0 aromatic heterocycles. The van der Waals surface area contributed by atoms with Crippen molar-refractivity contribution in [3.8, 4) is 17.2 Å². The second-order valence-electron chi connectivity index (χ2n) is 7.24. The molecule has 0 spiro atoms. The van der Waals surface area contributed by atoms with Gasteiger partial charge in [0.15, 0.2) is 18.1 Å². The molecular formula is C27H24N2O4. The molecule has 1 N–H and O–H groups in total. The molecule has 6 heteroatoms. The van der Waals surface area contributed by atoms with E-state index in [4.69, 9.17) is 14.2 Å². The fraction of sp³-hybridized carbons (Fsp3) is 0.111. The second-order valence-corrected chi connectivity index (χ2v) is 7.24. The van der Waals surface area contributed by atoms with Crippen LogP contribution in [0.3, 0.4) is 0 Å². The van der Waals surface area contributed by atoms with Gasteiger partial charge in [0.1, 0.15) is 12.4 Å². The van der Waals surface area contributed by atoms with Crippen LogP contribution in [0.1, 0.15) is 11.1 Å². The van der Waals surface area contributed by atoms with Crippen molar-refractivity contribution in [2.75, 3.05) is 13.7 Å². The zero-order valence-electron chi connectivity index (χ0n) is 18.2. The SMILES string of the molecule is COc1cc(/C=N\NC(=O)COc2cccc3ccccc23)ccc1OCc1ccccc1. The summed E-state index contributed by atoms with van der Waals surface area (Å²) in [7, 11) is 1.58. The highest BCUT2D eigenvalue weighted by molar-refractivity contribution is 5.89. The van der Waals surface area contributed by atoms with Crippen molar-refractivity contribution in [1.82, 2.24) is 5.43 Å². The third-order valence-electron chi connectivity index (χ3n) is 4.94. The van der Waals surface area contributed by atoms with Crippen molar-refractivity contribution in [2.24, 2.45) is 5.10 Å². The van der Waals surface area contributed by atoms with Crippen LogP contribution >= 0.6 is 0 Å². The molecule has 1 amide bonds. The highest BCUT2D eigenvalue weighted by Crippen LogP contribution is 2.28. The number of nitrogens with zero attached hydrogens (tertiary/aromatic N) is 1. The molecule has 0 unspecified atom stereocenters. The van der Waals surface area contributed by atoms with Crippen LogP contribution in [-0.4, -0.2) is 25.8 Å². The first-order valence-corrected chi connectivity index (χ1v) is 10.5. The van der Waals surface area contributed by atoms with Gasteiger partial charge in [0.25, 0.3) is 5.91 Å². The van der Waals surface area contributed by atoms with Crippen LogP contribution in [0.2, 0.25) is 0 Å². The maximum atomic E-state index is 12.1. The van der Waals surface area contributed by atoms with Gasteiger partial charge >= 0.3 is 0 Å². The molecule has 166 valence electrons. The summed E-state index contributed by atoms with van der Waals surface area (Å²) in [5, 5.41) is 6.02. The van der Waals surface area contributed by atoms with Gasteiger partial charge in [0.2, 0.25) is 0 Å². The van der Waals surface area contributed by atoms with E-state index >= 15 is 0 Å². The zero-order chi connectivity index (χ0) is 22.9. The Labute approximate surface area is 192 Å². The number of nitrogens with one attached hydrogen (secondary N) is 1.